The Morgan fingerprint density at radius 1 is 1.36 bits per heavy atom. The Morgan fingerprint density at radius 2 is 1.93 bits per heavy atom. The summed E-state index contributed by atoms with van der Waals surface area (Å²) >= 11 is 0. The molecule has 0 saturated carbocycles. The van der Waals surface area contributed by atoms with Gasteiger partial charge in [-0.1, -0.05) is 29.8 Å². The summed E-state index contributed by atoms with van der Waals surface area (Å²) < 4.78 is 17.5. The topological polar surface area (TPSA) is 35.2 Å². The molecule has 14 heavy (non-hydrogen) atoms. The highest BCUT2D eigenvalue weighted by Gasteiger charge is 2.18. The number of aryl methyl sites for hydroxylation is 1. The smallest absolute Gasteiger partial charge is 0.107 e. The van der Waals surface area contributed by atoms with Crippen molar-refractivity contribution in [3.05, 3.63) is 35.4 Å². The van der Waals surface area contributed by atoms with Crippen LogP contribution in [-0.4, -0.2) is 19.8 Å². The molecule has 2 unspecified atom stereocenters. The zero-order valence-electron chi connectivity index (χ0n) is 8.53. The first-order chi connectivity index (χ1) is 6.69. The van der Waals surface area contributed by atoms with Crippen molar-refractivity contribution in [1.29, 1.82) is 0 Å². The Hall–Kier alpha value is -0.930. The van der Waals surface area contributed by atoms with Crippen molar-refractivity contribution in [3.63, 3.8) is 0 Å². The molecule has 2 atom stereocenters. The molecular weight excluding hydrogens is 181 g/mol. The quantitative estimate of drug-likeness (QED) is 0.801. The number of nitrogens with two attached hydrogens (primary N) is 1. The van der Waals surface area contributed by atoms with E-state index in [1.54, 1.807) is 7.11 Å². The van der Waals surface area contributed by atoms with Gasteiger partial charge in [0.15, 0.2) is 0 Å². The van der Waals surface area contributed by atoms with E-state index >= 15 is 0 Å². The predicted molar refractivity (Wildman–Crippen MR) is 54.9 cm³/mol. The zero-order valence-corrected chi connectivity index (χ0v) is 8.53. The van der Waals surface area contributed by atoms with Gasteiger partial charge in [-0.05, 0) is 12.5 Å². The van der Waals surface area contributed by atoms with E-state index in [0.29, 0.717) is 0 Å². The first-order valence-corrected chi connectivity index (χ1v) is 4.60. The Bertz CT molecular complexity index is 273. The minimum Gasteiger partial charge on any atom is -0.375 e. The number of ether oxygens (including phenoxy) is 1. The van der Waals surface area contributed by atoms with Crippen molar-refractivity contribution in [2.24, 2.45) is 5.73 Å². The number of halogens is 1. The van der Waals surface area contributed by atoms with Gasteiger partial charge in [-0.2, -0.15) is 0 Å². The molecule has 0 aliphatic carbocycles. The van der Waals surface area contributed by atoms with Crippen LogP contribution in [0.5, 0.6) is 0 Å². The molecule has 0 aliphatic rings. The van der Waals surface area contributed by atoms with Crippen molar-refractivity contribution < 1.29 is 9.13 Å². The van der Waals surface area contributed by atoms with E-state index in [4.69, 9.17) is 10.5 Å². The summed E-state index contributed by atoms with van der Waals surface area (Å²) in [6, 6.07) is 7.17. The lowest BCUT2D eigenvalue weighted by molar-refractivity contribution is 0.0721. The maximum absolute atomic E-state index is 12.4. The summed E-state index contributed by atoms with van der Waals surface area (Å²) in [5, 5.41) is 0. The van der Waals surface area contributed by atoms with Crippen LogP contribution >= 0.6 is 0 Å². The summed E-state index contributed by atoms with van der Waals surface area (Å²) in [5.41, 5.74) is 7.68. The van der Waals surface area contributed by atoms with Crippen molar-refractivity contribution in [2.75, 3.05) is 13.8 Å². The van der Waals surface area contributed by atoms with Crippen LogP contribution in [0.1, 0.15) is 17.2 Å². The molecular formula is C11H16FNO. The van der Waals surface area contributed by atoms with Crippen LogP contribution in [0.15, 0.2) is 24.3 Å². The van der Waals surface area contributed by atoms with Crippen LogP contribution in [0.4, 0.5) is 4.39 Å². The van der Waals surface area contributed by atoms with Crippen molar-refractivity contribution in [3.8, 4) is 0 Å². The third-order valence-corrected chi connectivity index (χ3v) is 2.23. The van der Waals surface area contributed by atoms with Gasteiger partial charge in [0.2, 0.25) is 0 Å². The first-order valence-electron chi connectivity index (χ1n) is 4.60. The Kier molecular flexibility index (Phi) is 4.04. The van der Waals surface area contributed by atoms with E-state index in [9.17, 15) is 4.39 Å². The number of alkyl halides is 1. The Balaban J connectivity index is 2.84. The van der Waals surface area contributed by atoms with Gasteiger partial charge in [0.05, 0.1) is 12.1 Å². The third kappa shape index (κ3) is 2.53. The van der Waals surface area contributed by atoms with E-state index in [0.717, 1.165) is 11.1 Å². The van der Waals surface area contributed by atoms with Gasteiger partial charge in [0, 0.05) is 7.11 Å². The molecule has 1 aromatic rings. The van der Waals surface area contributed by atoms with Crippen LogP contribution in [0.2, 0.25) is 0 Å². The van der Waals surface area contributed by atoms with Gasteiger partial charge in [-0.25, -0.2) is 4.39 Å². The normalized spacial score (nSPS) is 15.1. The van der Waals surface area contributed by atoms with Gasteiger partial charge in [-0.3, -0.25) is 0 Å². The van der Waals surface area contributed by atoms with E-state index in [1.165, 1.54) is 0 Å². The molecule has 0 aromatic heterocycles. The highest BCUT2D eigenvalue weighted by molar-refractivity contribution is 5.24. The minimum atomic E-state index is -0.595. The maximum Gasteiger partial charge on any atom is 0.107 e. The molecule has 0 fully saturated rings. The molecule has 0 bridgehead atoms. The second kappa shape index (κ2) is 5.08. The molecule has 3 heteroatoms. The van der Waals surface area contributed by atoms with E-state index < -0.39 is 12.7 Å². The fourth-order valence-electron chi connectivity index (χ4n) is 1.40. The molecule has 0 aliphatic heterocycles. The summed E-state index contributed by atoms with van der Waals surface area (Å²) in [6.45, 7) is 1.42. The number of methoxy groups -OCH3 is 1. The summed E-state index contributed by atoms with van der Waals surface area (Å²) in [7, 11) is 1.54. The number of hydrogen-bond donors (Lipinski definition) is 1. The van der Waals surface area contributed by atoms with E-state index in [1.807, 2.05) is 31.2 Å². The highest BCUT2D eigenvalue weighted by Crippen LogP contribution is 2.20. The van der Waals surface area contributed by atoms with Crippen molar-refractivity contribution in [1.82, 2.24) is 0 Å². The lowest BCUT2D eigenvalue weighted by Crippen LogP contribution is -2.31. The third-order valence-electron chi connectivity index (χ3n) is 2.23. The summed E-state index contributed by atoms with van der Waals surface area (Å²) in [5.74, 6) is 0. The highest BCUT2D eigenvalue weighted by atomic mass is 19.1. The second-order valence-electron chi connectivity index (χ2n) is 3.39. The van der Waals surface area contributed by atoms with E-state index in [-0.39, 0.29) is 6.10 Å². The molecule has 2 N–H and O–H groups in total. The lowest BCUT2D eigenvalue weighted by Gasteiger charge is -2.20. The minimum absolute atomic E-state index is 0.361. The molecule has 0 radical (unpaired) electrons. The molecule has 0 amide bonds. The van der Waals surface area contributed by atoms with Gasteiger partial charge in [-0.15, -0.1) is 0 Å². The molecule has 0 heterocycles. The van der Waals surface area contributed by atoms with E-state index in [2.05, 4.69) is 0 Å². The SMILES string of the molecule is COC(c1ccc(C)cc1)C(N)CF. The maximum atomic E-state index is 12.4. The predicted octanol–water partition coefficient (Wildman–Crippen LogP) is 1.98. The molecule has 2 nitrogen and oxygen atoms in total. The molecule has 0 saturated heterocycles. The molecule has 1 aromatic carbocycles. The average Bonchev–Trinajstić information content (AvgIpc) is 2.21. The Labute approximate surface area is 83.9 Å². The van der Waals surface area contributed by atoms with Crippen LogP contribution in [0.25, 0.3) is 0 Å². The van der Waals surface area contributed by atoms with Crippen LogP contribution in [-0.2, 0) is 4.74 Å². The van der Waals surface area contributed by atoms with Gasteiger partial charge < -0.3 is 10.5 Å². The summed E-state index contributed by atoms with van der Waals surface area (Å²) in [4.78, 5) is 0. The van der Waals surface area contributed by atoms with Crippen LogP contribution in [0, 0.1) is 6.92 Å². The zero-order chi connectivity index (χ0) is 10.6. The second-order valence-corrected chi connectivity index (χ2v) is 3.39. The average molecular weight is 197 g/mol. The number of hydrogen-bond acceptors (Lipinski definition) is 2. The first kappa shape index (κ1) is 11.1. The number of benzene rings is 1. The van der Waals surface area contributed by atoms with Gasteiger partial charge >= 0.3 is 0 Å². The molecule has 1 rings (SSSR count). The fraction of sp³-hybridized carbons (Fsp3) is 0.455. The number of rotatable bonds is 4. The fourth-order valence-corrected chi connectivity index (χ4v) is 1.40. The molecule has 0 spiro atoms. The van der Waals surface area contributed by atoms with Gasteiger partial charge in [0.25, 0.3) is 0 Å². The van der Waals surface area contributed by atoms with Crippen LogP contribution in [0.3, 0.4) is 0 Å². The van der Waals surface area contributed by atoms with Crippen molar-refractivity contribution in [2.45, 2.75) is 19.1 Å². The standard InChI is InChI=1S/C11H16FNO/c1-8-3-5-9(6-4-8)11(14-2)10(13)7-12/h3-6,10-11H,7,13H2,1-2H3. The largest absolute Gasteiger partial charge is 0.375 e. The molecule has 78 valence electrons. The van der Waals surface area contributed by atoms with Crippen LogP contribution < -0.4 is 5.73 Å². The monoisotopic (exact) mass is 197 g/mol. The lowest BCUT2D eigenvalue weighted by atomic mass is 10.0. The summed E-state index contributed by atoms with van der Waals surface area (Å²) in [6.07, 6.45) is -0.361. The Morgan fingerprint density at radius 3 is 2.36 bits per heavy atom. The van der Waals surface area contributed by atoms with Gasteiger partial charge in [0.1, 0.15) is 6.67 Å². The van der Waals surface area contributed by atoms with Crippen molar-refractivity contribution >= 4 is 0 Å².